The molecule has 5 nitrogen and oxygen atoms in total. The Morgan fingerprint density at radius 3 is 2.59 bits per heavy atom. The number of rotatable bonds is 8. The first kappa shape index (κ1) is 24.9. The molecule has 1 amide bonds. The van der Waals surface area contributed by atoms with Gasteiger partial charge in [0.25, 0.3) is 0 Å². The summed E-state index contributed by atoms with van der Waals surface area (Å²) < 4.78 is 0. The van der Waals surface area contributed by atoms with Gasteiger partial charge in [0.1, 0.15) is 0 Å². The van der Waals surface area contributed by atoms with Gasteiger partial charge < -0.3 is 15.1 Å². The summed E-state index contributed by atoms with van der Waals surface area (Å²) in [6.45, 7) is 16.1. The lowest BCUT2D eigenvalue weighted by Crippen LogP contribution is -2.46. The summed E-state index contributed by atoms with van der Waals surface area (Å²) >= 11 is 0. The maximum Gasteiger partial charge on any atom is 0.222 e. The molecule has 3 rings (SSSR count). The zero-order valence-electron chi connectivity index (χ0n) is 21.0. The first-order valence-electron chi connectivity index (χ1n) is 12.9. The predicted octanol–water partition coefficient (Wildman–Crippen LogP) is 4.86. The Morgan fingerprint density at radius 1 is 1.25 bits per heavy atom. The van der Waals surface area contributed by atoms with Crippen LogP contribution in [0.15, 0.2) is 29.0 Å². The lowest BCUT2D eigenvalue weighted by molar-refractivity contribution is -0.135. The maximum absolute atomic E-state index is 12.8. The molecule has 180 valence electrons. The molecule has 5 heteroatoms. The Kier molecular flexibility index (Phi) is 8.84. The summed E-state index contributed by atoms with van der Waals surface area (Å²) in [5.74, 6) is 3.15. The highest BCUT2D eigenvalue weighted by atomic mass is 16.2. The second-order valence-corrected chi connectivity index (χ2v) is 10.9. The predicted molar refractivity (Wildman–Crippen MR) is 135 cm³/mol. The van der Waals surface area contributed by atoms with Crippen LogP contribution < -0.4 is 5.32 Å². The third-order valence-electron chi connectivity index (χ3n) is 8.57. The normalized spacial score (nSPS) is 26.6. The second kappa shape index (κ2) is 11.4. The molecule has 0 aromatic rings. The van der Waals surface area contributed by atoms with E-state index >= 15 is 0 Å². The number of nitrogens with zero attached hydrogens (tertiary/aromatic N) is 3. The van der Waals surface area contributed by atoms with Crippen molar-refractivity contribution in [2.45, 2.75) is 72.1 Å². The number of carbonyl (C=O) groups is 1. The molecule has 3 aliphatic rings. The van der Waals surface area contributed by atoms with E-state index in [2.05, 4.69) is 53.5 Å². The Hall–Kier alpha value is -1.78. The molecule has 1 N–H and O–H groups in total. The number of amides is 1. The van der Waals surface area contributed by atoms with Crippen LogP contribution in [0, 0.1) is 23.2 Å². The molecule has 2 atom stereocenters. The summed E-state index contributed by atoms with van der Waals surface area (Å²) in [5.41, 5.74) is 1.69. The van der Waals surface area contributed by atoms with Crippen molar-refractivity contribution in [1.82, 2.24) is 15.1 Å². The lowest BCUT2D eigenvalue weighted by Gasteiger charge is -2.44. The van der Waals surface area contributed by atoms with Crippen molar-refractivity contribution in [3.63, 3.8) is 0 Å². The molecule has 32 heavy (non-hydrogen) atoms. The lowest BCUT2D eigenvalue weighted by atomic mass is 9.71. The molecule has 1 aliphatic carbocycles. The van der Waals surface area contributed by atoms with E-state index in [-0.39, 0.29) is 5.41 Å². The number of aliphatic imine (C=N–C) groups is 1. The zero-order valence-corrected chi connectivity index (χ0v) is 21.0. The molecule has 0 bridgehead atoms. The van der Waals surface area contributed by atoms with Crippen molar-refractivity contribution < 1.29 is 4.79 Å². The summed E-state index contributed by atoms with van der Waals surface area (Å²) in [6.07, 6.45) is 13.5. The topological polar surface area (TPSA) is 47.9 Å². The van der Waals surface area contributed by atoms with Crippen LogP contribution in [-0.4, -0.2) is 61.7 Å². The monoisotopic (exact) mass is 442 g/mol. The number of nitrogens with one attached hydrogen (secondary N) is 1. The maximum atomic E-state index is 12.8. The van der Waals surface area contributed by atoms with Crippen LogP contribution in [0.5, 0.6) is 0 Å². The first-order chi connectivity index (χ1) is 15.3. The molecule has 1 saturated carbocycles. The summed E-state index contributed by atoms with van der Waals surface area (Å²) in [7, 11) is 1.81. The van der Waals surface area contributed by atoms with Crippen molar-refractivity contribution in [1.29, 1.82) is 0 Å². The molecule has 0 radical (unpaired) electrons. The van der Waals surface area contributed by atoms with Gasteiger partial charge in [0.2, 0.25) is 5.91 Å². The fraction of sp³-hybridized carbons (Fsp3) is 0.778. The van der Waals surface area contributed by atoms with E-state index in [9.17, 15) is 4.79 Å². The Balaban J connectivity index is 1.42. The minimum atomic E-state index is 0.274. The number of likely N-dealkylation sites (tertiary alicyclic amines) is 2. The highest BCUT2D eigenvalue weighted by Gasteiger charge is 2.36. The molecule has 0 aromatic carbocycles. The molecule has 2 saturated heterocycles. The quantitative estimate of drug-likeness (QED) is 0.546. The van der Waals surface area contributed by atoms with Gasteiger partial charge in [-0.05, 0) is 60.5 Å². The molecular weight excluding hydrogens is 396 g/mol. The summed E-state index contributed by atoms with van der Waals surface area (Å²) in [4.78, 5) is 21.4. The molecule has 0 spiro atoms. The van der Waals surface area contributed by atoms with E-state index in [0.717, 1.165) is 57.8 Å². The minimum Gasteiger partial charge on any atom is -0.372 e. The fourth-order valence-corrected chi connectivity index (χ4v) is 5.64. The largest absolute Gasteiger partial charge is 0.372 e. The van der Waals surface area contributed by atoms with Crippen molar-refractivity contribution in [3.05, 3.63) is 24.0 Å². The minimum absolute atomic E-state index is 0.274. The molecule has 2 aliphatic heterocycles. The van der Waals surface area contributed by atoms with Gasteiger partial charge in [-0.2, -0.15) is 0 Å². The Labute approximate surface area is 196 Å². The van der Waals surface area contributed by atoms with E-state index in [1.807, 2.05) is 13.3 Å². The highest BCUT2D eigenvalue weighted by Crippen LogP contribution is 2.39. The van der Waals surface area contributed by atoms with E-state index in [4.69, 9.17) is 0 Å². The Morgan fingerprint density at radius 2 is 1.94 bits per heavy atom. The third kappa shape index (κ3) is 6.39. The van der Waals surface area contributed by atoms with Gasteiger partial charge in [-0.3, -0.25) is 9.79 Å². The zero-order chi connectivity index (χ0) is 23.1. The van der Waals surface area contributed by atoms with E-state index in [1.165, 1.54) is 37.7 Å². The van der Waals surface area contributed by atoms with Crippen LogP contribution in [0.4, 0.5) is 0 Å². The van der Waals surface area contributed by atoms with Gasteiger partial charge >= 0.3 is 0 Å². The molecule has 2 unspecified atom stereocenters. The van der Waals surface area contributed by atoms with Crippen LogP contribution in [0.3, 0.4) is 0 Å². The van der Waals surface area contributed by atoms with Crippen molar-refractivity contribution in [3.8, 4) is 0 Å². The van der Waals surface area contributed by atoms with Crippen LogP contribution in [0.1, 0.15) is 72.1 Å². The fourth-order valence-electron chi connectivity index (χ4n) is 5.64. The highest BCUT2D eigenvalue weighted by molar-refractivity contribution is 5.76. The van der Waals surface area contributed by atoms with Crippen molar-refractivity contribution in [2.24, 2.45) is 28.2 Å². The van der Waals surface area contributed by atoms with Gasteiger partial charge in [0.05, 0.1) is 5.82 Å². The van der Waals surface area contributed by atoms with Crippen LogP contribution in [0.2, 0.25) is 0 Å². The summed E-state index contributed by atoms with van der Waals surface area (Å²) in [5, 5.41) is 3.62. The average Bonchev–Trinajstić information content (AvgIpc) is 3.17. The number of carbonyl (C=O) groups excluding carboxylic acids is 1. The van der Waals surface area contributed by atoms with E-state index in [1.54, 1.807) is 0 Å². The van der Waals surface area contributed by atoms with E-state index in [0.29, 0.717) is 23.7 Å². The van der Waals surface area contributed by atoms with Gasteiger partial charge in [-0.15, -0.1) is 0 Å². The Bertz CT molecular complexity index is 698. The second-order valence-electron chi connectivity index (χ2n) is 10.9. The van der Waals surface area contributed by atoms with Crippen LogP contribution >= 0.6 is 0 Å². The van der Waals surface area contributed by atoms with Crippen LogP contribution in [0.25, 0.3) is 0 Å². The number of allylic oxidation sites excluding steroid dienone is 1. The van der Waals surface area contributed by atoms with E-state index < -0.39 is 0 Å². The SMILES string of the molecule is C=C(NCC(C)C1(C)CCN(C(=O)CC2CCCCC2)CC1)N1C/C(=C/C=NC)C(C)C1. The molecule has 3 fully saturated rings. The summed E-state index contributed by atoms with van der Waals surface area (Å²) in [6, 6.07) is 0. The van der Waals surface area contributed by atoms with Gasteiger partial charge in [-0.1, -0.05) is 46.6 Å². The standard InChI is InChI=1S/C27H46N4O/c1-21-19-31(20-25(21)11-14-28-5)23(3)29-18-22(2)27(4)12-15-30(16-13-27)26(32)17-24-9-7-6-8-10-24/h11,14,21-22,24,29H,3,6-10,12-13,15-20H2,1-2,4-5H3/b25-11-,28-14?. The van der Waals surface area contributed by atoms with Gasteiger partial charge in [0, 0.05) is 52.4 Å². The van der Waals surface area contributed by atoms with Gasteiger partial charge in [0.15, 0.2) is 0 Å². The molecule has 2 heterocycles. The molecular formula is C27H46N4O. The van der Waals surface area contributed by atoms with Crippen molar-refractivity contribution >= 4 is 12.1 Å². The third-order valence-corrected chi connectivity index (χ3v) is 8.57. The number of piperidine rings is 1. The van der Waals surface area contributed by atoms with Gasteiger partial charge in [-0.25, -0.2) is 0 Å². The smallest absolute Gasteiger partial charge is 0.222 e. The average molecular weight is 443 g/mol. The van der Waals surface area contributed by atoms with Crippen molar-refractivity contribution in [2.75, 3.05) is 39.8 Å². The molecule has 0 aromatic heterocycles. The number of hydrogen-bond acceptors (Lipinski definition) is 4. The number of hydrogen-bond donors (Lipinski definition) is 1. The first-order valence-corrected chi connectivity index (χ1v) is 12.9. The van der Waals surface area contributed by atoms with Crippen LogP contribution in [-0.2, 0) is 4.79 Å².